The SMILES string of the molecule is NNc1nnc(COc2ccc3ccccc3c2)s1. The van der Waals surface area contributed by atoms with E-state index in [1.807, 2.05) is 30.3 Å². The van der Waals surface area contributed by atoms with Gasteiger partial charge in [0, 0.05) is 0 Å². The molecule has 3 rings (SSSR count). The fraction of sp³-hybridized carbons (Fsp3) is 0.0769. The van der Waals surface area contributed by atoms with E-state index in [1.54, 1.807) is 0 Å². The van der Waals surface area contributed by atoms with Crippen LogP contribution in [-0.2, 0) is 6.61 Å². The summed E-state index contributed by atoms with van der Waals surface area (Å²) in [4.78, 5) is 0. The van der Waals surface area contributed by atoms with Gasteiger partial charge in [-0.15, -0.1) is 10.2 Å². The van der Waals surface area contributed by atoms with E-state index in [0.29, 0.717) is 11.7 Å². The highest BCUT2D eigenvalue weighted by Crippen LogP contribution is 2.22. The maximum absolute atomic E-state index is 5.70. The molecule has 0 spiro atoms. The molecule has 0 radical (unpaired) electrons. The highest BCUT2D eigenvalue weighted by molar-refractivity contribution is 7.15. The van der Waals surface area contributed by atoms with Crippen molar-refractivity contribution < 1.29 is 4.74 Å². The van der Waals surface area contributed by atoms with E-state index in [4.69, 9.17) is 10.6 Å². The van der Waals surface area contributed by atoms with Crippen molar-refractivity contribution in [1.82, 2.24) is 10.2 Å². The van der Waals surface area contributed by atoms with Crippen LogP contribution in [0.5, 0.6) is 5.75 Å². The van der Waals surface area contributed by atoms with Crippen LogP contribution < -0.4 is 16.0 Å². The monoisotopic (exact) mass is 272 g/mol. The Labute approximate surface area is 114 Å². The van der Waals surface area contributed by atoms with Gasteiger partial charge in [-0.05, 0) is 22.9 Å². The molecule has 3 N–H and O–H groups in total. The van der Waals surface area contributed by atoms with Crippen molar-refractivity contribution in [2.75, 3.05) is 5.43 Å². The normalized spacial score (nSPS) is 10.6. The fourth-order valence-corrected chi connectivity index (χ4v) is 2.34. The van der Waals surface area contributed by atoms with E-state index in [0.717, 1.165) is 16.1 Å². The molecule has 0 fully saturated rings. The average Bonchev–Trinajstić information content (AvgIpc) is 2.93. The van der Waals surface area contributed by atoms with Crippen molar-refractivity contribution in [3.8, 4) is 5.75 Å². The number of aromatic nitrogens is 2. The number of ether oxygens (including phenoxy) is 1. The van der Waals surface area contributed by atoms with Crippen molar-refractivity contribution in [2.45, 2.75) is 6.61 Å². The predicted octanol–water partition coefficient (Wildman–Crippen LogP) is 2.56. The number of nitrogens with two attached hydrogens (primary N) is 1. The first-order valence-electron chi connectivity index (χ1n) is 5.76. The summed E-state index contributed by atoms with van der Waals surface area (Å²) in [5, 5.41) is 11.5. The summed E-state index contributed by atoms with van der Waals surface area (Å²) >= 11 is 1.37. The van der Waals surface area contributed by atoms with Gasteiger partial charge in [-0.2, -0.15) is 0 Å². The second-order valence-corrected chi connectivity index (χ2v) is 5.00. The summed E-state index contributed by atoms with van der Waals surface area (Å²) < 4.78 is 5.70. The van der Waals surface area contributed by atoms with Crippen LogP contribution in [0.25, 0.3) is 10.8 Å². The number of nitrogen functional groups attached to an aromatic ring is 1. The van der Waals surface area contributed by atoms with Crippen molar-refractivity contribution in [3.05, 3.63) is 47.5 Å². The first-order chi connectivity index (χ1) is 9.35. The molecule has 0 atom stereocenters. The van der Waals surface area contributed by atoms with E-state index in [9.17, 15) is 0 Å². The number of anilines is 1. The van der Waals surface area contributed by atoms with Crippen molar-refractivity contribution >= 4 is 27.2 Å². The molecule has 0 saturated carbocycles. The third kappa shape index (κ3) is 2.64. The number of benzene rings is 2. The van der Waals surface area contributed by atoms with Crippen LogP contribution in [0.15, 0.2) is 42.5 Å². The minimum Gasteiger partial charge on any atom is -0.486 e. The van der Waals surface area contributed by atoms with E-state index in [-0.39, 0.29) is 0 Å². The molecule has 0 aliphatic rings. The van der Waals surface area contributed by atoms with Gasteiger partial charge in [-0.3, -0.25) is 5.43 Å². The summed E-state index contributed by atoms with van der Waals surface area (Å²) in [5.41, 5.74) is 2.46. The quantitative estimate of drug-likeness (QED) is 0.564. The van der Waals surface area contributed by atoms with Crippen LogP contribution in [0, 0.1) is 0 Å². The van der Waals surface area contributed by atoms with Crippen LogP contribution in [0.1, 0.15) is 5.01 Å². The maximum Gasteiger partial charge on any atom is 0.219 e. The number of rotatable bonds is 4. The lowest BCUT2D eigenvalue weighted by Crippen LogP contribution is -2.05. The molecule has 0 aliphatic heterocycles. The number of nitrogens with zero attached hydrogens (tertiary/aromatic N) is 2. The lowest BCUT2D eigenvalue weighted by Gasteiger charge is -2.05. The van der Waals surface area contributed by atoms with Gasteiger partial charge in [0.25, 0.3) is 0 Å². The Balaban J connectivity index is 1.74. The van der Waals surface area contributed by atoms with E-state index in [1.165, 1.54) is 16.7 Å². The number of hydrogen-bond acceptors (Lipinski definition) is 6. The predicted molar refractivity (Wildman–Crippen MR) is 76.0 cm³/mol. The Morgan fingerprint density at radius 2 is 1.95 bits per heavy atom. The lowest BCUT2D eigenvalue weighted by molar-refractivity contribution is 0.305. The summed E-state index contributed by atoms with van der Waals surface area (Å²) in [6, 6.07) is 14.2. The summed E-state index contributed by atoms with van der Waals surface area (Å²) in [6.07, 6.45) is 0. The third-order valence-electron chi connectivity index (χ3n) is 2.67. The molecular weight excluding hydrogens is 260 g/mol. The molecule has 2 aromatic carbocycles. The van der Waals surface area contributed by atoms with Crippen LogP contribution in [-0.4, -0.2) is 10.2 Å². The highest BCUT2D eigenvalue weighted by Gasteiger charge is 2.04. The smallest absolute Gasteiger partial charge is 0.219 e. The van der Waals surface area contributed by atoms with Crippen molar-refractivity contribution in [2.24, 2.45) is 5.84 Å². The number of hydrogen-bond donors (Lipinski definition) is 2. The third-order valence-corrected chi connectivity index (χ3v) is 3.50. The summed E-state index contributed by atoms with van der Waals surface area (Å²) in [6.45, 7) is 0.387. The van der Waals surface area contributed by atoms with Gasteiger partial charge in [0.05, 0.1) is 0 Å². The zero-order valence-electron chi connectivity index (χ0n) is 10.0. The number of fused-ring (bicyclic) bond motifs is 1. The Morgan fingerprint density at radius 1 is 1.11 bits per heavy atom. The molecule has 3 aromatic rings. The first-order valence-corrected chi connectivity index (χ1v) is 6.57. The van der Waals surface area contributed by atoms with E-state index < -0.39 is 0 Å². The Bertz CT molecular complexity index is 698. The summed E-state index contributed by atoms with van der Waals surface area (Å²) in [5.74, 6) is 6.07. The molecule has 1 aromatic heterocycles. The molecule has 6 heteroatoms. The zero-order chi connectivity index (χ0) is 13.1. The van der Waals surface area contributed by atoms with Crippen LogP contribution in [0.3, 0.4) is 0 Å². The van der Waals surface area contributed by atoms with Crippen LogP contribution in [0.4, 0.5) is 5.13 Å². The first kappa shape index (κ1) is 11.9. The molecule has 0 aliphatic carbocycles. The molecule has 96 valence electrons. The summed E-state index contributed by atoms with van der Waals surface area (Å²) in [7, 11) is 0. The Morgan fingerprint density at radius 3 is 2.74 bits per heavy atom. The van der Waals surface area contributed by atoms with Gasteiger partial charge in [-0.1, -0.05) is 41.7 Å². The topological polar surface area (TPSA) is 73.1 Å². The standard InChI is InChI=1S/C13H12N4OS/c14-15-13-17-16-12(19-13)8-18-11-6-5-9-3-1-2-4-10(9)7-11/h1-7H,8,14H2,(H,15,17). The second kappa shape index (κ2) is 5.21. The molecule has 0 bridgehead atoms. The number of hydrazine groups is 1. The average molecular weight is 272 g/mol. The molecule has 0 amide bonds. The maximum atomic E-state index is 5.70. The zero-order valence-corrected chi connectivity index (χ0v) is 10.9. The van der Waals surface area contributed by atoms with Gasteiger partial charge in [0.15, 0.2) is 5.01 Å². The van der Waals surface area contributed by atoms with E-state index in [2.05, 4.69) is 27.8 Å². The van der Waals surface area contributed by atoms with Gasteiger partial charge in [0.1, 0.15) is 12.4 Å². The van der Waals surface area contributed by atoms with Gasteiger partial charge >= 0.3 is 0 Å². The van der Waals surface area contributed by atoms with Crippen LogP contribution >= 0.6 is 11.3 Å². The van der Waals surface area contributed by atoms with Gasteiger partial charge < -0.3 is 4.74 Å². The Kier molecular flexibility index (Phi) is 3.26. The second-order valence-electron chi connectivity index (χ2n) is 3.94. The lowest BCUT2D eigenvalue weighted by atomic mass is 10.1. The van der Waals surface area contributed by atoms with Gasteiger partial charge in [-0.25, -0.2) is 5.84 Å². The fourth-order valence-electron chi connectivity index (χ4n) is 1.77. The van der Waals surface area contributed by atoms with Crippen molar-refractivity contribution in [3.63, 3.8) is 0 Å². The Hall–Kier alpha value is -2.18. The minimum absolute atomic E-state index is 0.387. The molecule has 19 heavy (non-hydrogen) atoms. The van der Waals surface area contributed by atoms with E-state index >= 15 is 0 Å². The van der Waals surface area contributed by atoms with Crippen LogP contribution in [0.2, 0.25) is 0 Å². The molecule has 0 unspecified atom stereocenters. The van der Waals surface area contributed by atoms with Crippen molar-refractivity contribution in [1.29, 1.82) is 0 Å². The minimum atomic E-state index is 0.387. The van der Waals surface area contributed by atoms with Gasteiger partial charge in [0.2, 0.25) is 5.13 Å². The largest absolute Gasteiger partial charge is 0.486 e. The molecule has 0 saturated heterocycles. The molecule has 5 nitrogen and oxygen atoms in total. The number of nitrogens with one attached hydrogen (secondary N) is 1. The molecular formula is C13H12N4OS. The highest BCUT2D eigenvalue weighted by atomic mass is 32.1. The molecule has 1 heterocycles.